The van der Waals surface area contributed by atoms with Gasteiger partial charge in [-0.25, -0.2) is 17.8 Å². The van der Waals surface area contributed by atoms with Crippen molar-refractivity contribution in [2.24, 2.45) is 10.9 Å². The Bertz CT molecular complexity index is 1540. The number of halogens is 3. The summed E-state index contributed by atoms with van der Waals surface area (Å²) >= 11 is 0. The van der Waals surface area contributed by atoms with Crippen LogP contribution in [0.4, 0.5) is 13.2 Å². The van der Waals surface area contributed by atoms with Crippen molar-refractivity contribution < 1.29 is 36.4 Å². The summed E-state index contributed by atoms with van der Waals surface area (Å²) in [5.41, 5.74) is 5.86. The van der Waals surface area contributed by atoms with Gasteiger partial charge in [0.2, 0.25) is 11.9 Å². The lowest BCUT2D eigenvalue weighted by Gasteiger charge is -2.18. The largest absolute Gasteiger partial charge is 0.435 e. The second-order valence-corrected chi connectivity index (χ2v) is 10.9. The molecule has 0 spiro atoms. The number of nitrogens with two attached hydrogens (primary N) is 1. The van der Waals surface area contributed by atoms with Crippen LogP contribution in [0.15, 0.2) is 64.6 Å². The van der Waals surface area contributed by atoms with Gasteiger partial charge in [-0.1, -0.05) is 41.9 Å². The maximum absolute atomic E-state index is 13.5. The molecule has 226 valence electrons. The zero-order valence-corrected chi connectivity index (χ0v) is 23.5. The van der Waals surface area contributed by atoms with E-state index in [4.69, 9.17) is 10.9 Å². The summed E-state index contributed by atoms with van der Waals surface area (Å²) < 4.78 is 69.4. The van der Waals surface area contributed by atoms with Gasteiger partial charge in [-0.05, 0) is 50.1 Å². The van der Waals surface area contributed by atoms with Crippen molar-refractivity contribution in [2.75, 3.05) is 6.54 Å². The number of carbonyl (C=O) groups is 2. The number of carbonyl (C=O) groups excluding carboxylic acids is 2. The van der Waals surface area contributed by atoms with E-state index in [0.717, 1.165) is 28.4 Å². The second kappa shape index (κ2) is 13.4. The van der Waals surface area contributed by atoms with E-state index in [2.05, 4.69) is 20.9 Å². The van der Waals surface area contributed by atoms with Gasteiger partial charge in [0.1, 0.15) is 6.04 Å². The minimum Gasteiger partial charge on any atom is -0.408 e. The van der Waals surface area contributed by atoms with Crippen LogP contribution in [0.5, 0.6) is 0 Å². The van der Waals surface area contributed by atoms with Gasteiger partial charge in [-0.15, -0.1) is 0 Å². The van der Waals surface area contributed by atoms with E-state index in [1.807, 2.05) is 11.6 Å². The summed E-state index contributed by atoms with van der Waals surface area (Å²) in [7, 11) is -4.43. The van der Waals surface area contributed by atoms with Crippen LogP contribution in [0.1, 0.15) is 37.4 Å². The SMILES string of the molecule is CCC(=O)N[C@@H](CCCNC(N)=NO)C(=O)NS(=O)(=O)c1ccc(-n2nc(C(F)(F)F)cc2-c2ccc(C)cc2)cc1. The highest BCUT2D eigenvalue weighted by atomic mass is 32.2. The third-order valence-electron chi connectivity index (χ3n) is 6.03. The lowest BCUT2D eigenvalue weighted by Crippen LogP contribution is -2.48. The first-order valence-corrected chi connectivity index (χ1v) is 14.2. The van der Waals surface area contributed by atoms with Gasteiger partial charge in [0.15, 0.2) is 5.69 Å². The molecule has 2 amide bonds. The number of amides is 2. The fourth-order valence-corrected chi connectivity index (χ4v) is 4.82. The molecule has 0 unspecified atom stereocenters. The molecule has 1 aromatic heterocycles. The van der Waals surface area contributed by atoms with Crippen molar-refractivity contribution in [3.63, 3.8) is 0 Å². The topological polar surface area (TPSA) is 181 Å². The van der Waals surface area contributed by atoms with Gasteiger partial charge in [0.25, 0.3) is 15.9 Å². The van der Waals surface area contributed by atoms with Crippen LogP contribution in [0, 0.1) is 6.92 Å². The van der Waals surface area contributed by atoms with E-state index < -0.39 is 39.7 Å². The Balaban J connectivity index is 1.83. The molecular formula is C26H30F3N7O5S. The molecule has 0 saturated heterocycles. The minimum atomic E-state index is -4.71. The molecule has 0 saturated carbocycles. The summed E-state index contributed by atoms with van der Waals surface area (Å²) in [4.78, 5) is 24.4. The standard InChI is InChI=1S/C26H30F3N7O5S/c1-3-23(37)32-20(5-4-14-31-25(30)34-39)24(38)35-42(40,41)19-12-10-18(11-13-19)36-21(15-22(33-36)26(27,28)29)17-8-6-16(2)7-9-17/h6-13,15,20,39H,3-5,14H2,1-2H3,(H,32,37)(H,35,38)(H3,30,31,34)/t20-/m0/s1. The average molecular weight is 610 g/mol. The number of alkyl halides is 3. The van der Waals surface area contributed by atoms with Crippen LogP contribution in [-0.2, 0) is 25.8 Å². The Kier molecular flexibility index (Phi) is 10.2. The molecule has 1 atom stereocenters. The van der Waals surface area contributed by atoms with Crippen molar-refractivity contribution >= 4 is 27.8 Å². The Morgan fingerprint density at radius 3 is 2.33 bits per heavy atom. The predicted octanol–water partition coefficient (Wildman–Crippen LogP) is 2.64. The zero-order valence-electron chi connectivity index (χ0n) is 22.6. The number of hydrogen-bond acceptors (Lipinski definition) is 7. The molecule has 0 aliphatic heterocycles. The van der Waals surface area contributed by atoms with Gasteiger partial charge in [0.05, 0.1) is 16.3 Å². The highest BCUT2D eigenvalue weighted by Gasteiger charge is 2.35. The molecular weight excluding hydrogens is 579 g/mol. The molecule has 16 heteroatoms. The normalized spacial score (nSPS) is 12.9. The molecule has 3 aromatic rings. The molecule has 1 heterocycles. The van der Waals surface area contributed by atoms with Crippen LogP contribution >= 0.6 is 0 Å². The molecule has 42 heavy (non-hydrogen) atoms. The van der Waals surface area contributed by atoms with Crippen molar-refractivity contribution in [3.05, 3.63) is 65.9 Å². The summed E-state index contributed by atoms with van der Waals surface area (Å²) in [6.07, 6.45) is -4.38. The zero-order chi connectivity index (χ0) is 31.1. The maximum Gasteiger partial charge on any atom is 0.435 e. The first-order chi connectivity index (χ1) is 19.7. The smallest absolute Gasteiger partial charge is 0.408 e. The molecule has 0 bridgehead atoms. The van der Waals surface area contributed by atoms with Crippen molar-refractivity contribution in [3.8, 4) is 16.9 Å². The van der Waals surface area contributed by atoms with Gasteiger partial charge in [-0.2, -0.15) is 18.3 Å². The van der Waals surface area contributed by atoms with E-state index in [-0.39, 0.29) is 48.0 Å². The van der Waals surface area contributed by atoms with Crippen LogP contribution in [0.25, 0.3) is 16.9 Å². The van der Waals surface area contributed by atoms with Gasteiger partial charge in [-0.3, -0.25) is 9.59 Å². The molecule has 0 aliphatic carbocycles. The average Bonchev–Trinajstić information content (AvgIpc) is 3.41. The van der Waals surface area contributed by atoms with E-state index in [1.54, 1.807) is 31.2 Å². The van der Waals surface area contributed by atoms with Crippen LogP contribution in [0.3, 0.4) is 0 Å². The molecule has 0 fully saturated rings. The fourth-order valence-electron chi connectivity index (χ4n) is 3.80. The van der Waals surface area contributed by atoms with E-state index >= 15 is 0 Å². The first-order valence-electron chi connectivity index (χ1n) is 12.7. The molecule has 3 rings (SSSR count). The second-order valence-electron chi connectivity index (χ2n) is 9.18. The number of aryl methyl sites for hydroxylation is 1. The lowest BCUT2D eigenvalue weighted by molar-refractivity contribution is -0.141. The molecule has 6 N–H and O–H groups in total. The van der Waals surface area contributed by atoms with Crippen LogP contribution < -0.4 is 21.1 Å². The number of nitrogens with zero attached hydrogens (tertiary/aromatic N) is 3. The number of rotatable bonds is 11. The van der Waals surface area contributed by atoms with Crippen molar-refractivity contribution in [1.29, 1.82) is 0 Å². The summed E-state index contributed by atoms with van der Waals surface area (Å²) in [5, 5.41) is 20.0. The predicted molar refractivity (Wildman–Crippen MR) is 147 cm³/mol. The summed E-state index contributed by atoms with van der Waals surface area (Å²) in [6, 6.07) is 11.3. The number of guanidine groups is 1. The first kappa shape index (κ1) is 31.9. The molecule has 0 aliphatic rings. The molecule has 0 radical (unpaired) electrons. The van der Waals surface area contributed by atoms with Gasteiger partial charge in [0, 0.05) is 18.5 Å². The highest BCUT2D eigenvalue weighted by molar-refractivity contribution is 7.90. The maximum atomic E-state index is 13.5. The van der Waals surface area contributed by atoms with E-state index in [9.17, 15) is 31.2 Å². The Labute approximate surface area is 239 Å². The number of sulfonamides is 1. The van der Waals surface area contributed by atoms with Crippen LogP contribution in [-0.4, -0.2) is 53.8 Å². The number of aromatic nitrogens is 2. The highest BCUT2D eigenvalue weighted by Crippen LogP contribution is 2.33. The van der Waals surface area contributed by atoms with Gasteiger partial charge >= 0.3 is 6.18 Å². The third-order valence-corrected chi connectivity index (χ3v) is 7.39. The van der Waals surface area contributed by atoms with Crippen LogP contribution in [0.2, 0.25) is 0 Å². The summed E-state index contributed by atoms with van der Waals surface area (Å²) in [5.74, 6) is -1.73. The molecule has 12 nitrogen and oxygen atoms in total. The number of nitrogens with one attached hydrogen (secondary N) is 3. The van der Waals surface area contributed by atoms with Crippen molar-refractivity contribution in [1.82, 2.24) is 25.1 Å². The van der Waals surface area contributed by atoms with E-state index in [0.29, 0.717) is 5.56 Å². The fraction of sp³-hybridized carbons (Fsp3) is 0.308. The monoisotopic (exact) mass is 609 g/mol. The minimum absolute atomic E-state index is 0.0281. The lowest BCUT2D eigenvalue weighted by atomic mass is 10.1. The number of oxime groups is 1. The van der Waals surface area contributed by atoms with Crippen molar-refractivity contribution in [2.45, 2.75) is 50.2 Å². The van der Waals surface area contributed by atoms with E-state index in [1.165, 1.54) is 12.1 Å². The molecule has 2 aromatic carbocycles. The number of benzene rings is 2. The Hall–Kier alpha value is -4.60. The third kappa shape index (κ3) is 8.22. The number of hydrogen-bond donors (Lipinski definition) is 5. The van der Waals surface area contributed by atoms with Gasteiger partial charge < -0.3 is 21.6 Å². The quantitative estimate of drug-likeness (QED) is 0.0723. The summed E-state index contributed by atoms with van der Waals surface area (Å²) in [6.45, 7) is 3.57. The Morgan fingerprint density at radius 1 is 1.12 bits per heavy atom. The Morgan fingerprint density at radius 2 is 1.76 bits per heavy atom.